The van der Waals surface area contributed by atoms with Crippen molar-refractivity contribution in [3.63, 3.8) is 0 Å². The number of rotatable bonds is 0. The van der Waals surface area contributed by atoms with E-state index >= 15 is 0 Å². The minimum atomic E-state index is 0. The van der Waals surface area contributed by atoms with Crippen LogP contribution in [0.4, 0.5) is 0 Å². The molecule has 2 nitrogen and oxygen atoms in total. The first kappa shape index (κ1) is 44.5. The second-order valence-corrected chi connectivity index (χ2v) is 0. The molecule has 0 N–H and O–H groups in total. The van der Waals surface area contributed by atoms with E-state index < -0.39 is 0 Å². The first-order valence-electron chi connectivity index (χ1n) is 0.167. The zero-order chi connectivity index (χ0) is 2.00. The number of hydrogen-bond acceptors (Lipinski definition) is 2. The Labute approximate surface area is 83.5 Å². The van der Waals surface area contributed by atoms with Crippen LogP contribution >= 0.6 is 0 Å². The maximum Gasteiger partial charge on any atom is 1.00 e. The Morgan fingerprint density at radius 1 is 0.667 bits per heavy atom. The van der Waals surface area contributed by atoms with Gasteiger partial charge in [0.2, 0.25) is 0 Å². The van der Waals surface area contributed by atoms with E-state index in [9.17, 15) is 0 Å². The fourth-order valence-corrected chi connectivity index (χ4v) is 0. The molecule has 0 spiro atoms. The van der Waals surface area contributed by atoms with Crippen LogP contribution in [0, 0.1) is 0 Å². The van der Waals surface area contributed by atoms with Gasteiger partial charge in [-0.2, -0.15) is 0 Å². The second kappa shape index (κ2) is 65.8. The van der Waals surface area contributed by atoms with Gasteiger partial charge in [0.25, 0.3) is 0 Å². The quantitative estimate of drug-likeness (QED) is 0.177. The third kappa shape index (κ3) is 38.9. The van der Waals surface area contributed by atoms with Crippen LogP contribution in [0.2, 0.25) is 0 Å². The van der Waals surface area contributed by atoms with Crippen LogP contribution in [-0.4, -0.2) is 0 Å². The third-order valence-electron chi connectivity index (χ3n) is 0. The summed E-state index contributed by atoms with van der Waals surface area (Å²) in [5.41, 5.74) is 0. The fraction of sp³-hybridized carbons (Fsp3) is 1.00. The molecule has 4 heteroatoms. The van der Waals surface area contributed by atoms with E-state index in [0.29, 0.717) is 0 Å². The van der Waals surface area contributed by atoms with Gasteiger partial charge in [-0.05, 0) is 0 Å². The molecule has 0 amide bonds. The van der Waals surface area contributed by atoms with Crippen molar-refractivity contribution in [3.05, 3.63) is 0 Å². The van der Waals surface area contributed by atoms with Gasteiger partial charge < -0.3 is 10.5 Å². The summed E-state index contributed by atoms with van der Waals surface area (Å²) in [5, 5.41) is 14.0. The van der Waals surface area contributed by atoms with Gasteiger partial charge in [0.1, 0.15) is 0 Å². The normalized spacial score (nSPS) is 1.00. The van der Waals surface area contributed by atoms with E-state index in [1.165, 1.54) is 0 Å². The van der Waals surface area contributed by atoms with E-state index in [1.54, 1.807) is 0 Å². The van der Waals surface area contributed by atoms with Gasteiger partial charge in [0, 0.05) is 0 Å². The van der Waals surface area contributed by atoms with Crippen molar-refractivity contribution in [2.75, 3.05) is 0 Å². The Morgan fingerprint density at radius 2 is 0.667 bits per heavy atom. The van der Waals surface area contributed by atoms with E-state index in [4.69, 9.17) is 10.5 Å². The molecule has 0 radical (unpaired) electrons. The van der Waals surface area contributed by atoms with Crippen molar-refractivity contribution >= 4 is 0 Å². The maximum atomic E-state index is 7.00. The monoisotopic (exact) mass is 110 g/mol. The molecular weight excluding hydrogens is 102 g/mol. The summed E-state index contributed by atoms with van der Waals surface area (Å²) >= 11 is 0. The fourth-order valence-electron chi connectivity index (χ4n) is 0. The van der Waals surface area contributed by atoms with E-state index in [0.717, 1.165) is 0 Å². The molecular formula is C2H8Na2O2. The molecule has 0 aromatic rings. The van der Waals surface area contributed by atoms with Crippen LogP contribution in [0.25, 0.3) is 0 Å². The van der Waals surface area contributed by atoms with Gasteiger partial charge in [-0.1, -0.05) is 14.9 Å². The minimum absolute atomic E-state index is 0. The first-order chi connectivity index (χ1) is 1.00. The predicted molar refractivity (Wildman–Crippen MR) is 13.5 cm³/mol. The largest absolute Gasteiger partial charge is 1.00 e. The second-order valence-electron chi connectivity index (χ2n) is 0. The van der Waals surface area contributed by atoms with Crippen LogP contribution in [0.5, 0.6) is 0 Å². The van der Waals surface area contributed by atoms with Crippen LogP contribution < -0.4 is 69.6 Å². The molecule has 30 valence electrons. The Morgan fingerprint density at radius 3 is 0.667 bits per heavy atom. The zero-order valence-electron chi connectivity index (χ0n) is 2.82. The Bertz CT molecular complexity index is 9.51. The molecule has 0 fully saturated rings. The van der Waals surface area contributed by atoms with Crippen molar-refractivity contribution in [1.82, 2.24) is 0 Å². The molecule has 0 unspecified atom stereocenters. The van der Waals surface area contributed by atoms with Crippen LogP contribution in [0.15, 0.2) is 0 Å². The van der Waals surface area contributed by atoms with Crippen LogP contribution in [-0.2, 0) is 0 Å². The molecule has 0 rings (SSSR count). The van der Waals surface area contributed by atoms with E-state index in [2.05, 4.69) is 0 Å². The Hall–Kier alpha value is 1.92. The molecule has 0 saturated carbocycles. The van der Waals surface area contributed by atoms with Crippen molar-refractivity contribution in [2.24, 2.45) is 0 Å². The standard InChI is InChI=1S/2CH4.2Na.O2/c;;;;1-2/h2*1H4;;;/q;;2*+1;-2. The van der Waals surface area contributed by atoms with Gasteiger partial charge >= 0.3 is 59.1 Å². The average molecular weight is 110 g/mol. The molecule has 6 heavy (non-hydrogen) atoms. The van der Waals surface area contributed by atoms with Crippen LogP contribution in [0.1, 0.15) is 14.9 Å². The van der Waals surface area contributed by atoms with E-state index in [1.807, 2.05) is 0 Å². The summed E-state index contributed by atoms with van der Waals surface area (Å²) < 4.78 is 0. The van der Waals surface area contributed by atoms with Crippen molar-refractivity contribution < 1.29 is 69.6 Å². The van der Waals surface area contributed by atoms with Gasteiger partial charge in [0.15, 0.2) is 0 Å². The molecule has 0 aromatic heterocycles. The molecule has 0 aromatic carbocycles. The van der Waals surface area contributed by atoms with Gasteiger partial charge in [0.05, 0.1) is 0 Å². The first-order valence-corrected chi connectivity index (χ1v) is 0.167. The molecule has 0 heterocycles. The molecule has 0 aliphatic rings. The predicted octanol–water partition coefficient (Wildman–Crippen LogP) is -7.10. The van der Waals surface area contributed by atoms with Crippen molar-refractivity contribution in [3.8, 4) is 0 Å². The third-order valence-corrected chi connectivity index (χ3v) is 0. The average Bonchev–Trinajstić information content (AvgIpc) is 1.00. The number of hydrogen-bond donors (Lipinski definition) is 0. The summed E-state index contributed by atoms with van der Waals surface area (Å²) in [6.45, 7) is 0. The zero-order valence-corrected chi connectivity index (χ0v) is 6.82. The molecule has 0 bridgehead atoms. The molecule has 0 aliphatic carbocycles. The summed E-state index contributed by atoms with van der Waals surface area (Å²) in [6.07, 6.45) is 0. The summed E-state index contributed by atoms with van der Waals surface area (Å²) in [5.74, 6) is 0. The maximum absolute atomic E-state index is 7.00. The molecule has 0 aliphatic heterocycles. The van der Waals surface area contributed by atoms with E-state index in [-0.39, 0.29) is 74.0 Å². The summed E-state index contributed by atoms with van der Waals surface area (Å²) in [7, 11) is 0. The smallest absolute Gasteiger partial charge is 1.00 e. The summed E-state index contributed by atoms with van der Waals surface area (Å²) in [6, 6.07) is 0. The van der Waals surface area contributed by atoms with Crippen LogP contribution in [0.3, 0.4) is 0 Å². The molecule has 0 saturated heterocycles. The van der Waals surface area contributed by atoms with Crippen molar-refractivity contribution in [1.29, 1.82) is 0 Å². The minimum Gasteiger partial charge on any atom is -1.00 e. The summed E-state index contributed by atoms with van der Waals surface area (Å²) in [4.78, 5) is 0. The molecule has 0 atom stereocenters. The van der Waals surface area contributed by atoms with Crippen molar-refractivity contribution in [2.45, 2.75) is 14.9 Å². The topological polar surface area (TPSA) is 46.1 Å². The Balaban J connectivity index is -0.000000000833. The Kier molecular flexibility index (Phi) is 488. The van der Waals surface area contributed by atoms with Gasteiger partial charge in [-0.25, -0.2) is 0 Å². The van der Waals surface area contributed by atoms with Gasteiger partial charge in [-0.15, -0.1) is 0 Å². The van der Waals surface area contributed by atoms with Gasteiger partial charge in [-0.3, -0.25) is 0 Å². The SMILES string of the molecule is C.C.[Na+].[Na+].[O-][O-].